The number of anilines is 2. The summed E-state index contributed by atoms with van der Waals surface area (Å²) in [5.41, 5.74) is 0.510. The number of hydrogen-bond donors (Lipinski definition) is 1. The minimum atomic E-state index is -3.35. The van der Waals surface area contributed by atoms with Gasteiger partial charge in [-0.2, -0.15) is 0 Å². The second-order valence-corrected chi connectivity index (χ2v) is 7.30. The molecule has 0 unspecified atom stereocenters. The molecule has 1 rings (SSSR count). The summed E-state index contributed by atoms with van der Waals surface area (Å²) in [5.74, 6) is -0.364. The van der Waals surface area contributed by atoms with Crippen molar-refractivity contribution in [2.45, 2.75) is 26.2 Å². The molecule has 0 atom stereocenters. The van der Waals surface area contributed by atoms with Crippen LogP contribution in [0.15, 0.2) is 18.3 Å². The molecule has 1 heterocycles. The summed E-state index contributed by atoms with van der Waals surface area (Å²) in [6.45, 7) is 2.00. The van der Waals surface area contributed by atoms with Crippen LogP contribution in [0, 0.1) is 0 Å². The number of amides is 1. The number of sulfone groups is 1. The van der Waals surface area contributed by atoms with Crippen LogP contribution in [0.4, 0.5) is 11.5 Å². The third kappa shape index (κ3) is 6.12. The van der Waals surface area contributed by atoms with E-state index in [9.17, 15) is 13.2 Å². The van der Waals surface area contributed by atoms with Crippen LogP contribution in [0.25, 0.3) is 0 Å². The molecule has 0 saturated heterocycles. The zero-order chi connectivity index (χ0) is 15.9. The number of unbranched alkanes of at least 4 members (excludes halogenated alkanes) is 2. The Morgan fingerprint density at radius 2 is 2.05 bits per heavy atom. The molecule has 0 aliphatic heterocycles. The summed E-state index contributed by atoms with van der Waals surface area (Å²) in [4.78, 5) is 17.8. The molecular formula is C14H23N3O3S. The number of nitrogens with one attached hydrogen (secondary N) is 1. The Kier molecular flexibility index (Phi) is 6.61. The Labute approximate surface area is 126 Å². The Hall–Kier alpha value is -1.63. The highest BCUT2D eigenvalue weighted by Gasteiger charge is 2.17. The number of carbonyl (C=O) groups is 1. The van der Waals surface area contributed by atoms with Crippen molar-refractivity contribution in [3.63, 3.8) is 0 Å². The molecule has 1 aromatic rings. The van der Waals surface area contributed by atoms with Gasteiger partial charge in [0, 0.05) is 20.3 Å². The van der Waals surface area contributed by atoms with Crippen LogP contribution in [0.1, 0.15) is 26.2 Å². The highest BCUT2D eigenvalue weighted by molar-refractivity contribution is 7.92. The topological polar surface area (TPSA) is 79.4 Å². The van der Waals surface area contributed by atoms with Gasteiger partial charge in [0.25, 0.3) is 0 Å². The van der Waals surface area contributed by atoms with Crippen molar-refractivity contribution in [2.75, 3.05) is 35.8 Å². The number of nitrogens with zero attached hydrogens (tertiary/aromatic N) is 2. The lowest BCUT2D eigenvalue weighted by atomic mass is 10.3. The number of hydrogen-bond acceptors (Lipinski definition) is 5. The van der Waals surface area contributed by atoms with E-state index in [-0.39, 0.29) is 5.75 Å². The first kappa shape index (κ1) is 17.4. The summed E-state index contributed by atoms with van der Waals surface area (Å²) in [5, 5.41) is 2.62. The number of carbonyl (C=O) groups excluding carboxylic acids is 1. The SMILES string of the molecule is CCCCCS(=O)(=O)CC(=O)Nc1cccnc1N(C)C. The van der Waals surface area contributed by atoms with Crippen LogP contribution in [-0.4, -0.2) is 44.9 Å². The van der Waals surface area contributed by atoms with Gasteiger partial charge < -0.3 is 10.2 Å². The predicted molar refractivity (Wildman–Crippen MR) is 85.4 cm³/mol. The van der Waals surface area contributed by atoms with Gasteiger partial charge in [-0.3, -0.25) is 4.79 Å². The molecule has 6 nitrogen and oxygen atoms in total. The smallest absolute Gasteiger partial charge is 0.239 e. The van der Waals surface area contributed by atoms with E-state index in [0.717, 1.165) is 12.8 Å². The zero-order valence-corrected chi connectivity index (χ0v) is 13.6. The fraction of sp³-hybridized carbons (Fsp3) is 0.571. The lowest BCUT2D eigenvalue weighted by Crippen LogP contribution is -2.26. The van der Waals surface area contributed by atoms with Gasteiger partial charge in [0.1, 0.15) is 5.75 Å². The van der Waals surface area contributed by atoms with Crippen LogP contribution < -0.4 is 10.2 Å². The van der Waals surface area contributed by atoms with Gasteiger partial charge >= 0.3 is 0 Å². The van der Waals surface area contributed by atoms with Gasteiger partial charge in [-0.05, 0) is 18.6 Å². The lowest BCUT2D eigenvalue weighted by Gasteiger charge is -2.16. The second kappa shape index (κ2) is 7.97. The number of pyridine rings is 1. The largest absolute Gasteiger partial charge is 0.361 e. The second-order valence-electron chi connectivity index (χ2n) is 5.12. The quantitative estimate of drug-likeness (QED) is 0.739. The van der Waals surface area contributed by atoms with E-state index in [2.05, 4.69) is 10.3 Å². The van der Waals surface area contributed by atoms with Crippen molar-refractivity contribution >= 4 is 27.2 Å². The summed E-state index contributed by atoms with van der Waals surface area (Å²) < 4.78 is 23.7. The van der Waals surface area contributed by atoms with E-state index >= 15 is 0 Å². The van der Waals surface area contributed by atoms with E-state index in [1.807, 2.05) is 6.92 Å². The van der Waals surface area contributed by atoms with Crippen LogP contribution in [0.5, 0.6) is 0 Å². The molecule has 1 N–H and O–H groups in total. The number of aromatic nitrogens is 1. The molecule has 0 bridgehead atoms. The van der Waals surface area contributed by atoms with Crippen LogP contribution in [0.3, 0.4) is 0 Å². The summed E-state index contributed by atoms with van der Waals surface area (Å²) in [7, 11) is 0.258. The first-order chi connectivity index (χ1) is 9.85. The summed E-state index contributed by atoms with van der Waals surface area (Å²) in [6, 6.07) is 3.39. The van der Waals surface area contributed by atoms with Gasteiger partial charge in [-0.1, -0.05) is 19.8 Å². The Morgan fingerprint density at radius 1 is 1.33 bits per heavy atom. The minimum Gasteiger partial charge on any atom is -0.361 e. The monoisotopic (exact) mass is 313 g/mol. The molecule has 21 heavy (non-hydrogen) atoms. The first-order valence-electron chi connectivity index (χ1n) is 6.98. The standard InChI is InChI=1S/C14H23N3O3S/c1-4-5-6-10-21(19,20)11-13(18)16-12-8-7-9-15-14(12)17(2)3/h7-9H,4-6,10-11H2,1-3H3,(H,16,18). The predicted octanol–water partition coefficient (Wildman–Crippen LogP) is 1.69. The highest BCUT2D eigenvalue weighted by atomic mass is 32.2. The minimum absolute atomic E-state index is 0.0574. The van der Waals surface area contributed by atoms with Crippen LogP contribution in [-0.2, 0) is 14.6 Å². The fourth-order valence-corrected chi connectivity index (χ4v) is 3.14. The van der Waals surface area contributed by atoms with Gasteiger partial charge in [-0.15, -0.1) is 0 Å². The van der Waals surface area contributed by atoms with Crippen molar-refractivity contribution < 1.29 is 13.2 Å². The van der Waals surface area contributed by atoms with E-state index in [4.69, 9.17) is 0 Å². The van der Waals surface area contributed by atoms with Gasteiger partial charge in [0.05, 0.1) is 11.4 Å². The molecule has 0 saturated carbocycles. The van der Waals surface area contributed by atoms with Crippen molar-refractivity contribution in [1.82, 2.24) is 4.98 Å². The molecular weight excluding hydrogens is 290 g/mol. The van der Waals surface area contributed by atoms with Gasteiger partial charge in [0.15, 0.2) is 15.7 Å². The Balaban J connectivity index is 2.66. The van der Waals surface area contributed by atoms with Gasteiger partial charge in [0.2, 0.25) is 5.91 Å². The van der Waals surface area contributed by atoms with Crippen LogP contribution >= 0.6 is 0 Å². The maximum atomic E-state index is 11.9. The molecule has 0 fully saturated rings. The third-order valence-electron chi connectivity index (χ3n) is 2.89. The van der Waals surface area contributed by atoms with Crippen molar-refractivity contribution in [1.29, 1.82) is 0 Å². The normalized spacial score (nSPS) is 11.2. The fourth-order valence-electron chi connectivity index (χ4n) is 1.88. The average Bonchev–Trinajstić information content (AvgIpc) is 2.38. The van der Waals surface area contributed by atoms with E-state index in [1.54, 1.807) is 37.3 Å². The molecule has 0 aliphatic rings. The molecule has 1 amide bonds. The van der Waals surface area contributed by atoms with Gasteiger partial charge in [-0.25, -0.2) is 13.4 Å². The maximum absolute atomic E-state index is 11.9. The van der Waals surface area contributed by atoms with E-state index < -0.39 is 21.5 Å². The highest BCUT2D eigenvalue weighted by Crippen LogP contribution is 2.20. The van der Waals surface area contributed by atoms with Crippen molar-refractivity contribution in [3.05, 3.63) is 18.3 Å². The first-order valence-corrected chi connectivity index (χ1v) is 8.80. The summed E-state index contributed by atoms with van der Waals surface area (Å²) >= 11 is 0. The average molecular weight is 313 g/mol. The molecule has 7 heteroatoms. The molecule has 0 radical (unpaired) electrons. The molecule has 0 aromatic carbocycles. The Morgan fingerprint density at radius 3 is 2.67 bits per heavy atom. The van der Waals surface area contributed by atoms with Crippen LogP contribution in [0.2, 0.25) is 0 Å². The molecule has 1 aromatic heterocycles. The number of rotatable bonds is 8. The van der Waals surface area contributed by atoms with E-state index in [0.29, 0.717) is 17.9 Å². The van der Waals surface area contributed by atoms with Crippen molar-refractivity contribution in [2.24, 2.45) is 0 Å². The van der Waals surface area contributed by atoms with E-state index in [1.165, 1.54) is 0 Å². The molecule has 0 aliphatic carbocycles. The lowest BCUT2D eigenvalue weighted by molar-refractivity contribution is -0.113. The third-order valence-corrected chi connectivity index (χ3v) is 4.51. The zero-order valence-electron chi connectivity index (χ0n) is 12.8. The van der Waals surface area contributed by atoms with Crippen molar-refractivity contribution in [3.8, 4) is 0 Å². The molecule has 0 spiro atoms. The summed E-state index contributed by atoms with van der Waals surface area (Å²) in [6.07, 6.45) is 4.02. The maximum Gasteiger partial charge on any atom is 0.239 e. The molecule has 118 valence electrons. The Bertz CT molecular complexity index is 571.